The minimum Gasteiger partial charge on any atom is -0.454 e. The summed E-state index contributed by atoms with van der Waals surface area (Å²) in [5, 5.41) is 0. The van der Waals surface area contributed by atoms with Gasteiger partial charge in [0.1, 0.15) is 0 Å². The van der Waals surface area contributed by atoms with Crippen LogP contribution in [-0.2, 0) is 0 Å². The van der Waals surface area contributed by atoms with Gasteiger partial charge in [0, 0.05) is 11.6 Å². The summed E-state index contributed by atoms with van der Waals surface area (Å²) in [6.07, 6.45) is 6.10. The number of ketones is 1. The number of likely N-dealkylation sites (tertiary alicyclic amines) is 1. The SMILES string of the molecule is CCC1CCCCCN1CC(=O)c1ccc2c(c1)OCO2. The van der Waals surface area contributed by atoms with Gasteiger partial charge in [-0.1, -0.05) is 19.8 Å². The van der Waals surface area contributed by atoms with Crippen LogP contribution < -0.4 is 9.47 Å². The summed E-state index contributed by atoms with van der Waals surface area (Å²) in [7, 11) is 0. The van der Waals surface area contributed by atoms with Crippen molar-refractivity contribution in [2.24, 2.45) is 0 Å². The van der Waals surface area contributed by atoms with E-state index in [0.29, 0.717) is 18.3 Å². The quantitative estimate of drug-likeness (QED) is 0.798. The van der Waals surface area contributed by atoms with E-state index in [9.17, 15) is 4.79 Å². The van der Waals surface area contributed by atoms with Gasteiger partial charge in [0.05, 0.1) is 6.54 Å². The average molecular weight is 289 g/mol. The van der Waals surface area contributed by atoms with Crippen molar-refractivity contribution < 1.29 is 14.3 Å². The van der Waals surface area contributed by atoms with Crippen LogP contribution in [0.5, 0.6) is 11.5 Å². The molecular weight excluding hydrogens is 266 g/mol. The lowest BCUT2D eigenvalue weighted by atomic mass is 10.1. The summed E-state index contributed by atoms with van der Waals surface area (Å²) in [5.41, 5.74) is 0.721. The molecule has 0 aliphatic carbocycles. The molecule has 0 bridgehead atoms. The maximum Gasteiger partial charge on any atom is 0.231 e. The lowest BCUT2D eigenvalue weighted by Crippen LogP contribution is -2.38. The van der Waals surface area contributed by atoms with Crippen LogP contribution in [0, 0.1) is 0 Å². The fourth-order valence-corrected chi connectivity index (χ4v) is 3.25. The number of fused-ring (bicyclic) bond motifs is 1. The van der Waals surface area contributed by atoms with Gasteiger partial charge in [0.15, 0.2) is 17.3 Å². The molecule has 4 heteroatoms. The highest BCUT2D eigenvalue weighted by Crippen LogP contribution is 2.32. The number of benzene rings is 1. The Morgan fingerprint density at radius 2 is 2.10 bits per heavy atom. The highest BCUT2D eigenvalue weighted by Gasteiger charge is 2.23. The molecule has 0 amide bonds. The van der Waals surface area contributed by atoms with Crippen molar-refractivity contribution in [1.29, 1.82) is 0 Å². The summed E-state index contributed by atoms with van der Waals surface area (Å²) in [6, 6.07) is 6.03. The lowest BCUT2D eigenvalue weighted by Gasteiger charge is -2.28. The molecule has 0 aromatic heterocycles. The first-order valence-electron chi connectivity index (χ1n) is 7.95. The number of Topliss-reactive ketones (excluding diaryl/α,β-unsaturated/α-hetero) is 1. The Kier molecular flexibility index (Phi) is 4.44. The first-order chi connectivity index (χ1) is 10.3. The van der Waals surface area contributed by atoms with E-state index in [1.807, 2.05) is 18.2 Å². The molecule has 1 atom stereocenters. The molecule has 0 N–H and O–H groups in total. The number of carbonyl (C=O) groups is 1. The van der Waals surface area contributed by atoms with E-state index >= 15 is 0 Å². The number of rotatable bonds is 4. The lowest BCUT2D eigenvalue weighted by molar-refractivity contribution is 0.0890. The third kappa shape index (κ3) is 3.21. The molecule has 3 rings (SSSR count). The van der Waals surface area contributed by atoms with Gasteiger partial charge in [-0.15, -0.1) is 0 Å². The Bertz CT molecular complexity index is 515. The smallest absolute Gasteiger partial charge is 0.231 e. The summed E-state index contributed by atoms with van der Waals surface area (Å²) in [4.78, 5) is 14.9. The third-order valence-corrected chi connectivity index (χ3v) is 4.51. The highest BCUT2D eigenvalue weighted by molar-refractivity contribution is 5.98. The van der Waals surface area contributed by atoms with Crippen molar-refractivity contribution in [3.8, 4) is 11.5 Å². The average Bonchev–Trinajstić information content (AvgIpc) is 2.86. The maximum atomic E-state index is 12.5. The van der Waals surface area contributed by atoms with Crippen LogP contribution in [0.3, 0.4) is 0 Å². The fourth-order valence-electron chi connectivity index (χ4n) is 3.25. The molecule has 1 unspecified atom stereocenters. The van der Waals surface area contributed by atoms with E-state index in [1.165, 1.54) is 25.7 Å². The van der Waals surface area contributed by atoms with Crippen molar-refractivity contribution in [3.63, 3.8) is 0 Å². The molecule has 4 nitrogen and oxygen atoms in total. The Morgan fingerprint density at radius 3 is 2.95 bits per heavy atom. The minimum absolute atomic E-state index is 0.175. The first-order valence-corrected chi connectivity index (χ1v) is 7.95. The van der Waals surface area contributed by atoms with Crippen LogP contribution in [0.25, 0.3) is 0 Å². The number of nitrogens with zero attached hydrogens (tertiary/aromatic N) is 1. The van der Waals surface area contributed by atoms with E-state index < -0.39 is 0 Å². The number of hydrogen-bond donors (Lipinski definition) is 0. The molecular formula is C17H23NO3. The first kappa shape index (κ1) is 14.4. The Morgan fingerprint density at radius 1 is 1.24 bits per heavy atom. The summed E-state index contributed by atoms with van der Waals surface area (Å²) >= 11 is 0. The molecule has 0 saturated carbocycles. The second kappa shape index (κ2) is 6.48. The molecule has 1 saturated heterocycles. The van der Waals surface area contributed by atoms with Crippen LogP contribution in [0.1, 0.15) is 49.4 Å². The monoisotopic (exact) mass is 289 g/mol. The van der Waals surface area contributed by atoms with Gasteiger partial charge >= 0.3 is 0 Å². The molecule has 1 aromatic carbocycles. The zero-order chi connectivity index (χ0) is 14.7. The van der Waals surface area contributed by atoms with Gasteiger partial charge in [-0.2, -0.15) is 0 Å². The molecule has 1 aromatic rings. The zero-order valence-electron chi connectivity index (χ0n) is 12.6. The normalized spacial score (nSPS) is 22.0. The predicted octanol–water partition coefficient (Wildman–Crippen LogP) is 3.25. The van der Waals surface area contributed by atoms with E-state index in [4.69, 9.17) is 9.47 Å². The van der Waals surface area contributed by atoms with Crippen molar-refractivity contribution in [3.05, 3.63) is 23.8 Å². The Balaban J connectivity index is 1.70. The summed E-state index contributed by atoms with van der Waals surface area (Å²) in [5.74, 6) is 1.59. The van der Waals surface area contributed by atoms with Crippen LogP contribution in [0.4, 0.5) is 0 Å². The van der Waals surface area contributed by atoms with Crippen LogP contribution in [0.2, 0.25) is 0 Å². The van der Waals surface area contributed by atoms with Crippen molar-refractivity contribution in [1.82, 2.24) is 4.90 Å². The van der Waals surface area contributed by atoms with Crippen LogP contribution in [0.15, 0.2) is 18.2 Å². The number of ether oxygens (including phenoxy) is 2. The van der Waals surface area contributed by atoms with E-state index in [-0.39, 0.29) is 12.6 Å². The zero-order valence-corrected chi connectivity index (χ0v) is 12.6. The molecule has 114 valence electrons. The van der Waals surface area contributed by atoms with Crippen LogP contribution >= 0.6 is 0 Å². The Labute approximate surface area is 126 Å². The van der Waals surface area contributed by atoms with Gasteiger partial charge in [-0.3, -0.25) is 9.69 Å². The van der Waals surface area contributed by atoms with E-state index in [1.54, 1.807) is 0 Å². The van der Waals surface area contributed by atoms with Gasteiger partial charge < -0.3 is 9.47 Å². The highest BCUT2D eigenvalue weighted by atomic mass is 16.7. The molecule has 21 heavy (non-hydrogen) atoms. The Hall–Kier alpha value is -1.55. The molecule has 0 radical (unpaired) electrons. The van der Waals surface area contributed by atoms with Crippen molar-refractivity contribution in [2.45, 2.75) is 45.1 Å². The summed E-state index contributed by atoms with van der Waals surface area (Å²) in [6.45, 7) is 4.01. The minimum atomic E-state index is 0.175. The van der Waals surface area contributed by atoms with Gasteiger partial charge in [0.2, 0.25) is 6.79 Å². The summed E-state index contributed by atoms with van der Waals surface area (Å²) < 4.78 is 10.6. The third-order valence-electron chi connectivity index (χ3n) is 4.51. The second-order valence-electron chi connectivity index (χ2n) is 5.87. The second-order valence-corrected chi connectivity index (χ2v) is 5.87. The topological polar surface area (TPSA) is 38.8 Å². The van der Waals surface area contributed by atoms with Crippen LogP contribution in [-0.4, -0.2) is 36.6 Å². The molecule has 1 fully saturated rings. The molecule has 2 aliphatic heterocycles. The predicted molar refractivity (Wildman–Crippen MR) is 81.0 cm³/mol. The fraction of sp³-hybridized carbons (Fsp3) is 0.588. The standard InChI is InChI=1S/C17H23NO3/c1-2-14-6-4-3-5-9-18(14)11-15(19)13-7-8-16-17(10-13)21-12-20-16/h7-8,10,14H,2-6,9,11-12H2,1H3. The maximum absolute atomic E-state index is 12.5. The van der Waals surface area contributed by atoms with Gasteiger partial charge in [0.25, 0.3) is 0 Å². The van der Waals surface area contributed by atoms with Crippen molar-refractivity contribution >= 4 is 5.78 Å². The number of hydrogen-bond acceptors (Lipinski definition) is 4. The largest absolute Gasteiger partial charge is 0.454 e. The van der Waals surface area contributed by atoms with E-state index in [0.717, 1.165) is 24.3 Å². The van der Waals surface area contributed by atoms with Gasteiger partial charge in [-0.25, -0.2) is 0 Å². The molecule has 0 spiro atoms. The number of carbonyl (C=O) groups excluding carboxylic acids is 1. The van der Waals surface area contributed by atoms with Gasteiger partial charge in [-0.05, 0) is 44.0 Å². The van der Waals surface area contributed by atoms with Crippen molar-refractivity contribution in [2.75, 3.05) is 19.9 Å². The molecule has 2 heterocycles. The van der Waals surface area contributed by atoms with E-state index in [2.05, 4.69) is 11.8 Å². The molecule has 2 aliphatic rings.